The van der Waals surface area contributed by atoms with Crippen molar-refractivity contribution in [2.45, 2.75) is 44.8 Å². The van der Waals surface area contributed by atoms with Crippen LogP contribution in [0.5, 0.6) is 11.5 Å². The highest BCUT2D eigenvalue weighted by Gasteiger charge is 2.14. The first-order valence-electron chi connectivity index (χ1n) is 10.2. The Hall–Kier alpha value is -2.13. The second-order valence-corrected chi connectivity index (χ2v) is 8.48. The van der Waals surface area contributed by atoms with E-state index in [0.29, 0.717) is 24.1 Å². The number of hydrogen-bond acceptors (Lipinski definition) is 5. The maximum atomic E-state index is 12.0. The van der Waals surface area contributed by atoms with Crippen molar-refractivity contribution in [2.75, 3.05) is 13.7 Å². The van der Waals surface area contributed by atoms with Gasteiger partial charge in [0.1, 0.15) is 6.61 Å². The van der Waals surface area contributed by atoms with Gasteiger partial charge in [-0.1, -0.05) is 49.6 Å². The van der Waals surface area contributed by atoms with Crippen molar-refractivity contribution < 1.29 is 14.3 Å². The fourth-order valence-electron chi connectivity index (χ4n) is 3.45. The van der Waals surface area contributed by atoms with Gasteiger partial charge in [0, 0.05) is 6.04 Å². The summed E-state index contributed by atoms with van der Waals surface area (Å²) in [6, 6.07) is 14.2. The van der Waals surface area contributed by atoms with Crippen molar-refractivity contribution in [3.8, 4) is 11.5 Å². The van der Waals surface area contributed by atoms with Gasteiger partial charge in [-0.05, 0) is 58.7 Å². The molecule has 0 radical (unpaired) electrons. The van der Waals surface area contributed by atoms with Crippen molar-refractivity contribution in [3.63, 3.8) is 0 Å². The standard InChI is InChI=1S/C23H28IN3O3/c1-29-21-13-18(12-20(24)23(21)30-16-17-8-4-2-5-9-17)14-26-27-22(28)15-25-19-10-6-3-7-11-19/h2,4-5,8-9,12-14,19,25H,3,6-7,10-11,15-16H2,1H3,(H,27,28)/b26-14-. The molecule has 6 nitrogen and oxygen atoms in total. The van der Waals surface area contributed by atoms with E-state index in [4.69, 9.17) is 9.47 Å². The Balaban J connectivity index is 1.53. The van der Waals surface area contributed by atoms with Crippen LogP contribution in [0.4, 0.5) is 0 Å². The van der Waals surface area contributed by atoms with Gasteiger partial charge in [0.25, 0.3) is 5.91 Å². The molecular weight excluding hydrogens is 493 g/mol. The molecule has 2 aromatic carbocycles. The molecule has 7 heteroatoms. The molecule has 0 bridgehead atoms. The fourth-order valence-corrected chi connectivity index (χ4v) is 4.23. The number of rotatable bonds is 9. The van der Waals surface area contributed by atoms with Crippen LogP contribution >= 0.6 is 22.6 Å². The number of amides is 1. The van der Waals surface area contributed by atoms with Crippen LogP contribution < -0.4 is 20.2 Å². The number of hydrogen-bond donors (Lipinski definition) is 2. The van der Waals surface area contributed by atoms with Crippen LogP contribution in [0.15, 0.2) is 47.6 Å². The molecule has 0 saturated heterocycles. The molecule has 1 fully saturated rings. The molecular formula is C23H28IN3O3. The average molecular weight is 521 g/mol. The van der Waals surface area contributed by atoms with Crippen LogP contribution in [0.1, 0.15) is 43.2 Å². The van der Waals surface area contributed by atoms with E-state index >= 15 is 0 Å². The number of carbonyl (C=O) groups excluding carboxylic acids is 1. The molecule has 2 aromatic rings. The third kappa shape index (κ3) is 6.98. The number of nitrogens with zero attached hydrogens (tertiary/aromatic N) is 1. The lowest BCUT2D eigenvalue weighted by Crippen LogP contribution is -2.38. The fraction of sp³-hybridized carbons (Fsp3) is 0.391. The summed E-state index contributed by atoms with van der Waals surface area (Å²) >= 11 is 2.22. The molecule has 30 heavy (non-hydrogen) atoms. The zero-order valence-electron chi connectivity index (χ0n) is 17.2. The normalized spacial score (nSPS) is 14.6. The molecule has 0 heterocycles. The van der Waals surface area contributed by atoms with Crippen molar-refractivity contribution in [3.05, 3.63) is 57.2 Å². The topological polar surface area (TPSA) is 72.0 Å². The average Bonchev–Trinajstić information content (AvgIpc) is 2.78. The number of ether oxygens (including phenoxy) is 2. The lowest BCUT2D eigenvalue weighted by molar-refractivity contribution is -0.120. The molecule has 1 aliphatic carbocycles. The first kappa shape index (κ1) is 22.6. The summed E-state index contributed by atoms with van der Waals surface area (Å²) in [5.41, 5.74) is 4.49. The monoisotopic (exact) mass is 521 g/mol. The zero-order valence-corrected chi connectivity index (χ0v) is 19.4. The van der Waals surface area contributed by atoms with Crippen LogP contribution in [0, 0.1) is 3.57 Å². The highest BCUT2D eigenvalue weighted by Crippen LogP contribution is 2.34. The van der Waals surface area contributed by atoms with E-state index in [1.54, 1.807) is 13.3 Å². The summed E-state index contributed by atoms with van der Waals surface area (Å²) in [7, 11) is 1.61. The number of halogens is 1. The maximum absolute atomic E-state index is 12.0. The van der Waals surface area contributed by atoms with Gasteiger partial charge in [-0.2, -0.15) is 5.10 Å². The summed E-state index contributed by atoms with van der Waals surface area (Å²) in [4.78, 5) is 12.0. The molecule has 1 aliphatic rings. The third-order valence-corrected chi connectivity index (χ3v) is 5.84. The van der Waals surface area contributed by atoms with Gasteiger partial charge in [-0.25, -0.2) is 5.43 Å². The second-order valence-electron chi connectivity index (χ2n) is 7.32. The van der Waals surface area contributed by atoms with Crippen LogP contribution in [0.3, 0.4) is 0 Å². The van der Waals surface area contributed by atoms with E-state index < -0.39 is 0 Å². The molecule has 0 unspecified atom stereocenters. The van der Waals surface area contributed by atoms with Gasteiger partial charge in [0.05, 0.1) is 23.4 Å². The molecule has 0 spiro atoms. The largest absolute Gasteiger partial charge is 0.493 e. The van der Waals surface area contributed by atoms with Crippen molar-refractivity contribution in [2.24, 2.45) is 5.10 Å². The minimum Gasteiger partial charge on any atom is -0.493 e. The van der Waals surface area contributed by atoms with Gasteiger partial charge in [-0.3, -0.25) is 4.79 Å². The molecule has 3 rings (SSSR count). The molecule has 0 aliphatic heterocycles. The molecule has 160 valence electrons. The predicted octanol–water partition coefficient (Wildman–Crippen LogP) is 4.25. The minimum atomic E-state index is -0.138. The van der Waals surface area contributed by atoms with E-state index in [1.807, 2.05) is 42.5 Å². The maximum Gasteiger partial charge on any atom is 0.254 e. The number of hydrazone groups is 1. The number of nitrogens with one attached hydrogen (secondary N) is 2. The second kappa shape index (κ2) is 11.9. The van der Waals surface area contributed by atoms with Crippen molar-refractivity contribution in [1.29, 1.82) is 0 Å². The third-order valence-electron chi connectivity index (χ3n) is 5.04. The zero-order chi connectivity index (χ0) is 21.2. The lowest BCUT2D eigenvalue weighted by Gasteiger charge is -2.22. The first-order valence-corrected chi connectivity index (χ1v) is 11.3. The molecule has 2 N–H and O–H groups in total. The van der Waals surface area contributed by atoms with Crippen molar-refractivity contribution >= 4 is 34.7 Å². The van der Waals surface area contributed by atoms with E-state index in [1.165, 1.54) is 19.3 Å². The Labute approximate surface area is 191 Å². The summed E-state index contributed by atoms with van der Waals surface area (Å²) in [6.07, 6.45) is 7.68. The first-order chi connectivity index (χ1) is 14.7. The summed E-state index contributed by atoms with van der Waals surface area (Å²) in [5, 5.41) is 7.39. The van der Waals surface area contributed by atoms with E-state index in [2.05, 4.69) is 38.4 Å². The molecule has 0 atom stereocenters. The Morgan fingerprint density at radius 2 is 1.97 bits per heavy atom. The summed E-state index contributed by atoms with van der Waals surface area (Å²) in [5.74, 6) is 1.19. The Morgan fingerprint density at radius 1 is 1.20 bits per heavy atom. The summed E-state index contributed by atoms with van der Waals surface area (Å²) < 4.78 is 12.4. The SMILES string of the molecule is COc1cc(/C=N\NC(=O)CNC2CCCCC2)cc(I)c1OCc1ccccc1. The smallest absolute Gasteiger partial charge is 0.254 e. The number of benzene rings is 2. The van der Waals surface area contributed by atoms with E-state index in [-0.39, 0.29) is 12.5 Å². The minimum absolute atomic E-state index is 0.138. The van der Waals surface area contributed by atoms with Gasteiger partial charge in [-0.15, -0.1) is 0 Å². The van der Waals surface area contributed by atoms with Crippen LogP contribution in [-0.2, 0) is 11.4 Å². The highest BCUT2D eigenvalue weighted by atomic mass is 127. The van der Waals surface area contributed by atoms with E-state index in [0.717, 1.165) is 27.5 Å². The highest BCUT2D eigenvalue weighted by molar-refractivity contribution is 14.1. The predicted molar refractivity (Wildman–Crippen MR) is 127 cm³/mol. The quantitative estimate of drug-likeness (QED) is 0.294. The Bertz CT molecular complexity index is 852. The van der Waals surface area contributed by atoms with Gasteiger partial charge < -0.3 is 14.8 Å². The van der Waals surface area contributed by atoms with E-state index in [9.17, 15) is 4.79 Å². The van der Waals surface area contributed by atoms with Gasteiger partial charge in [0.15, 0.2) is 11.5 Å². The molecule has 0 aromatic heterocycles. The molecule has 1 amide bonds. The Morgan fingerprint density at radius 3 is 2.70 bits per heavy atom. The molecule has 1 saturated carbocycles. The van der Waals surface area contributed by atoms with Crippen molar-refractivity contribution in [1.82, 2.24) is 10.7 Å². The van der Waals surface area contributed by atoms with Crippen LogP contribution in [0.2, 0.25) is 0 Å². The van der Waals surface area contributed by atoms with Crippen LogP contribution in [0.25, 0.3) is 0 Å². The van der Waals surface area contributed by atoms with Gasteiger partial charge in [0.2, 0.25) is 0 Å². The number of carbonyl (C=O) groups is 1. The van der Waals surface area contributed by atoms with Gasteiger partial charge >= 0.3 is 0 Å². The number of methoxy groups -OCH3 is 1. The lowest BCUT2D eigenvalue weighted by atomic mass is 9.95. The van der Waals surface area contributed by atoms with Crippen LogP contribution in [-0.4, -0.2) is 31.8 Å². The Kier molecular flexibility index (Phi) is 8.95. The summed E-state index contributed by atoms with van der Waals surface area (Å²) in [6.45, 7) is 0.750.